The number of rotatable bonds is 2. The lowest BCUT2D eigenvalue weighted by Crippen LogP contribution is -2.26. The fourth-order valence-electron chi connectivity index (χ4n) is 1.54. The molecule has 0 amide bonds. The van der Waals surface area contributed by atoms with Crippen molar-refractivity contribution in [3.63, 3.8) is 0 Å². The standard InChI is InChI=1S/C9H13NO/c1-3-8(7-11)9-5-4-6-10(9)2/h7,9H,1,4-6H2,2H3. The average Bonchev–Trinajstić information content (AvgIpc) is 2.40. The number of hydrogen-bond acceptors (Lipinski definition) is 2. The Bertz CT molecular complexity index is 204. The predicted octanol–water partition coefficient (Wildman–Crippen LogP) is 0.991. The maximum absolute atomic E-state index is 10.5. The van der Waals surface area contributed by atoms with Crippen LogP contribution in [0.25, 0.3) is 0 Å². The van der Waals surface area contributed by atoms with Gasteiger partial charge >= 0.3 is 0 Å². The molecule has 0 radical (unpaired) electrons. The van der Waals surface area contributed by atoms with Crippen molar-refractivity contribution in [1.29, 1.82) is 0 Å². The predicted molar refractivity (Wildman–Crippen MR) is 44.4 cm³/mol. The van der Waals surface area contributed by atoms with Crippen molar-refractivity contribution in [1.82, 2.24) is 4.90 Å². The molecular formula is C9H13NO. The van der Waals surface area contributed by atoms with Crippen LogP contribution in [0, 0.1) is 0 Å². The van der Waals surface area contributed by atoms with Crippen LogP contribution < -0.4 is 0 Å². The van der Waals surface area contributed by atoms with E-state index < -0.39 is 0 Å². The van der Waals surface area contributed by atoms with E-state index in [9.17, 15) is 4.79 Å². The number of aldehydes is 1. The number of likely N-dealkylation sites (tertiary alicyclic amines) is 1. The average molecular weight is 151 g/mol. The molecule has 2 nitrogen and oxygen atoms in total. The summed E-state index contributed by atoms with van der Waals surface area (Å²) in [6.45, 7) is 4.56. The third-order valence-electron chi connectivity index (χ3n) is 2.21. The maximum Gasteiger partial charge on any atom is 0.155 e. The molecule has 1 fully saturated rings. The summed E-state index contributed by atoms with van der Waals surface area (Å²) in [4.78, 5) is 12.7. The molecule has 1 rings (SSSR count). The van der Waals surface area contributed by atoms with Crippen molar-refractivity contribution >= 4 is 6.29 Å². The Morgan fingerprint density at radius 1 is 1.82 bits per heavy atom. The molecule has 1 aliphatic heterocycles. The highest BCUT2D eigenvalue weighted by Crippen LogP contribution is 2.19. The van der Waals surface area contributed by atoms with Gasteiger partial charge in [-0.25, -0.2) is 0 Å². The number of carbonyl (C=O) groups excluding carboxylic acids is 1. The normalized spacial score (nSPS) is 24.6. The molecule has 0 aromatic carbocycles. The van der Waals surface area contributed by atoms with Gasteiger partial charge in [0.2, 0.25) is 0 Å². The Kier molecular flexibility index (Phi) is 2.64. The Labute approximate surface area is 67.2 Å². The van der Waals surface area contributed by atoms with Gasteiger partial charge in [0.1, 0.15) is 0 Å². The Hall–Kier alpha value is -0.850. The lowest BCUT2D eigenvalue weighted by atomic mass is 10.1. The highest BCUT2D eigenvalue weighted by atomic mass is 16.1. The molecule has 0 saturated carbocycles. The van der Waals surface area contributed by atoms with Crippen LogP contribution in [0.3, 0.4) is 0 Å². The van der Waals surface area contributed by atoms with Crippen LogP contribution in [0.1, 0.15) is 12.8 Å². The van der Waals surface area contributed by atoms with Crippen molar-refractivity contribution in [2.45, 2.75) is 18.9 Å². The molecule has 0 N–H and O–H groups in total. The summed E-state index contributed by atoms with van der Waals surface area (Å²) < 4.78 is 0. The molecule has 0 aliphatic carbocycles. The van der Waals surface area contributed by atoms with E-state index in [1.165, 1.54) is 6.42 Å². The Balaban J connectivity index is 2.72. The molecule has 1 heterocycles. The molecule has 2 heteroatoms. The molecule has 11 heavy (non-hydrogen) atoms. The second-order valence-corrected chi connectivity index (χ2v) is 2.89. The van der Waals surface area contributed by atoms with Crippen LogP contribution in [0.15, 0.2) is 17.9 Å². The number of likely N-dealkylation sites (N-methyl/N-ethyl adjacent to an activating group) is 1. The van der Waals surface area contributed by atoms with Crippen LogP contribution in [0.4, 0.5) is 0 Å². The van der Waals surface area contributed by atoms with Crippen molar-refractivity contribution in [3.8, 4) is 0 Å². The van der Waals surface area contributed by atoms with Crippen LogP contribution in [-0.2, 0) is 4.79 Å². The van der Waals surface area contributed by atoms with Gasteiger partial charge in [0.05, 0.1) is 5.57 Å². The van der Waals surface area contributed by atoms with Gasteiger partial charge in [-0.2, -0.15) is 0 Å². The van der Waals surface area contributed by atoms with E-state index in [4.69, 9.17) is 0 Å². The van der Waals surface area contributed by atoms with Gasteiger partial charge < -0.3 is 0 Å². The first-order valence-corrected chi connectivity index (χ1v) is 3.85. The first kappa shape index (κ1) is 8.25. The van der Waals surface area contributed by atoms with E-state index in [-0.39, 0.29) is 6.04 Å². The second kappa shape index (κ2) is 3.51. The van der Waals surface area contributed by atoms with E-state index >= 15 is 0 Å². The highest BCUT2D eigenvalue weighted by Gasteiger charge is 2.23. The van der Waals surface area contributed by atoms with Crippen molar-refractivity contribution in [2.24, 2.45) is 0 Å². The molecule has 1 unspecified atom stereocenters. The number of hydrogen-bond donors (Lipinski definition) is 0. The fourth-order valence-corrected chi connectivity index (χ4v) is 1.54. The lowest BCUT2D eigenvalue weighted by Gasteiger charge is -2.17. The monoisotopic (exact) mass is 151 g/mol. The van der Waals surface area contributed by atoms with Crippen molar-refractivity contribution < 1.29 is 4.79 Å². The summed E-state index contributed by atoms with van der Waals surface area (Å²) in [6, 6.07) is 0.269. The van der Waals surface area contributed by atoms with Crippen LogP contribution >= 0.6 is 0 Å². The van der Waals surface area contributed by atoms with E-state index in [2.05, 4.69) is 17.2 Å². The molecule has 1 atom stereocenters. The molecule has 1 saturated heterocycles. The maximum atomic E-state index is 10.5. The van der Waals surface area contributed by atoms with E-state index in [1.54, 1.807) is 0 Å². The fraction of sp³-hybridized carbons (Fsp3) is 0.556. The molecule has 0 bridgehead atoms. The Morgan fingerprint density at radius 3 is 2.91 bits per heavy atom. The van der Waals surface area contributed by atoms with Crippen molar-refractivity contribution in [3.05, 3.63) is 17.9 Å². The minimum Gasteiger partial charge on any atom is -0.299 e. The largest absolute Gasteiger partial charge is 0.299 e. The van der Waals surface area contributed by atoms with Gasteiger partial charge in [-0.1, -0.05) is 6.58 Å². The van der Waals surface area contributed by atoms with Gasteiger partial charge in [-0.05, 0) is 26.4 Å². The topological polar surface area (TPSA) is 20.3 Å². The molecule has 0 aromatic rings. The van der Waals surface area contributed by atoms with E-state index in [0.29, 0.717) is 5.57 Å². The van der Waals surface area contributed by atoms with E-state index in [0.717, 1.165) is 19.3 Å². The number of nitrogens with zero attached hydrogens (tertiary/aromatic N) is 1. The summed E-state index contributed by atoms with van der Waals surface area (Å²) in [6.07, 6.45) is 3.09. The van der Waals surface area contributed by atoms with E-state index in [1.807, 2.05) is 7.05 Å². The highest BCUT2D eigenvalue weighted by molar-refractivity contribution is 5.74. The van der Waals surface area contributed by atoms with Gasteiger partial charge in [0, 0.05) is 6.04 Å². The third-order valence-corrected chi connectivity index (χ3v) is 2.21. The Morgan fingerprint density at radius 2 is 2.55 bits per heavy atom. The molecule has 0 aromatic heterocycles. The second-order valence-electron chi connectivity index (χ2n) is 2.89. The first-order valence-electron chi connectivity index (χ1n) is 3.85. The van der Waals surface area contributed by atoms with Crippen LogP contribution in [0.5, 0.6) is 0 Å². The minimum atomic E-state index is 0.269. The van der Waals surface area contributed by atoms with Crippen molar-refractivity contribution in [2.75, 3.05) is 13.6 Å². The number of carbonyl (C=O) groups is 1. The van der Waals surface area contributed by atoms with Gasteiger partial charge in [-0.15, -0.1) is 5.73 Å². The summed E-state index contributed by atoms with van der Waals surface area (Å²) in [7, 11) is 2.03. The minimum absolute atomic E-state index is 0.269. The van der Waals surface area contributed by atoms with Crippen LogP contribution in [0.2, 0.25) is 0 Å². The SMILES string of the molecule is C=C=C(C=O)C1CCCN1C. The quantitative estimate of drug-likeness (QED) is 0.333. The summed E-state index contributed by atoms with van der Waals surface area (Å²) in [5.74, 6) is 0. The molecule has 1 aliphatic rings. The first-order chi connectivity index (χ1) is 5.29. The summed E-state index contributed by atoms with van der Waals surface area (Å²) in [5.41, 5.74) is 3.38. The van der Waals surface area contributed by atoms with Gasteiger partial charge in [0.15, 0.2) is 6.29 Å². The van der Waals surface area contributed by atoms with Crippen LogP contribution in [-0.4, -0.2) is 30.8 Å². The zero-order chi connectivity index (χ0) is 8.27. The molecular weight excluding hydrogens is 138 g/mol. The third kappa shape index (κ3) is 1.59. The van der Waals surface area contributed by atoms with Gasteiger partial charge in [-0.3, -0.25) is 9.69 Å². The van der Waals surface area contributed by atoms with Gasteiger partial charge in [0.25, 0.3) is 0 Å². The zero-order valence-electron chi connectivity index (χ0n) is 6.84. The summed E-state index contributed by atoms with van der Waals surface area (Å²) >= 11 is 0. The summed E-state index contributed by atoms with van der Waals surface area (Å²) in [5, 5.41) is 0. The molecule has 0 spiro atoms. The molecule has 60 valence electrons. The lowest BCUT2D eigenvalue weighted by molar-refractivity contribution is -0.105. The smallest absolute Gasteiger partial charge is 0.155 e. The zero-order valence-corrected chi connectivity index (χ0v) is 6.84.